The van der Waals surface area contributed by atoms with Crippen LogP contribution in [0.25, 0.3) is 0 Å². The number of ether oxygens (including phenoxy) is 3. The van der Waals surface area contributed by atoms with E-state index in [-0.39, 0.29) is 11.5 Å². The van der Waals surface area contributed by atoms with E-state index in [1.807, 2.05) is 6.92 Å². The molecule has 0 saturated heterocycles. The highest BCUT2D eigenvalue weighted by Crippen LogP contribution is 2.43. The van der Waals surface area contributed by atoms with Gasteiger partial charge in [-0.05, 0) is 50.2 Å². The van der Waals surface area contributed by atoms with Crippen LogP contribution in [0.1, 0.15) is 35.2 Å². The third-order valence-corrected chi connectivity index (χ3v) is 8.82. The SMILES string of the molecule is CCOC(=O)c1ccc2c(c1)NC(c1sc(Cl)cc1S(=O)(=O)N(C)c1ccc(OCC)c(OC)c1)N2. The van der Waals surface area contributed by atoms with Gasteiger partial charge in [-0.2, -0.15) is 0 Å². The summed E-state index contributed by atoms with van der Waals surface area (Å²) in [5.74, 6) is 0.514. The van der Waals surface area contributed by atoms with Crippen LogP contribution in [0.3, 0.4) is 0 Å². The van der Waals surface area contributed by atoms with Gasteiger partial charge in [-0.25, -0.2) is 13.2 Å². The Kier molecular flexibility index (Phi) is 7.53. The van der Waals surface area contributed by atoms with Gasteiger partial charge in [-0.1, -0.05) is 11.6 Å². The zero-order valence-corrected chi connectivity index (χ0v) is 22.5. The molecule has 4 rings (SSSR count). The van der Waals surface area contributed by atoms with E-state index in [9.17, 15) is 13.2 Å². The first-order valence-corrected chi connectivity index (χ1v) is 13.8. The number of anilines is 3. The molecule has 0 saturated carbocycles. The Morgan fingerprint density at radius 3 is 2.50 bits per heavy atom. The van der Waals surface area contributed by atoms with E-state index < -0.39 is 22.2 Å². The van der Waals surface area contributed by atoms with Crippen molar-refractivity contribution >= 4 is 56.0 Å². The van der Waals surface area contributed by atoms with Gasteiger partial charge in [0.1, 0.15) is 11.1 Å². The molecule has 36 heavy (non-hydrogen) atoms. The van der Waals surface area contributed by atoms with E-state index in [4.69, 9.17) is 25.8 Å². The first-order valence-electron chi connectivity index (χ1n) is 11.1. The Balaban J connectivity index is 1.64. The van der Waals surface area contributed by atoms with Crippen molar-refractivity contribution in [2.75, 3.05) is 42.3 Å². The maximum absolute atomic E-state index is 13.7. The quantitative estimate of drug-likeness (QED) is 0.343. The minimum absolute atomic E-state index is 0.0660. The topological polar surface area (TPSA) is 106 Å². The lowest BCUT2D eigenvalue weighted by atomic mass is 10.2. The molecule has 0 spiro atoms. The van der Waals surface area contributed by atoms with E-state index in [2.05, 4.69) is 10.6 Å². The normalized spacial score (nSPS) is 14.4. The fraction of sp³-hybridized carbons (Fsp3) is 0.292. The average Bonchev–Trinajstić information content (AvgIpc) is 3.47. The summed E-state index contributed by atoms with van der Waals surface area (Å²) in [6.07, 6.45) is -0.567. The zero-order valence-electron chi connectivity index (χ0n) is 20.1. The summed E-state index contributed by atoms with van der Waals surface area (Å²) in [7, 11) is -1.03. The van der Waals surface area contributed by atoms with Crippen molar-refractivity contribution in [2.45, 2.75) is 24.9 Å². The number of thiophene rings is 1. The summed E-state index contributed by atoms with van der Waals surface area (Å²) in [5.41, 5.74) is 2.18. The van der Waals surface area contributed by atoms with Gasteiger partial charge >= 0.3 is 5.97 Å². The molecule has 0 fully saturated rings. The summed E-state index contributed by atoms with van der Waals surface area (Å²) in [4.78, 5) is 12.7. The molecule has 1 unspecified atom stereocenters. The number of rotatable bonds is 9. The monoisotopic (exact) mass is 551 g/mol. The third-order valence-electron chi connectivity index (χ3n) is 5.54. The number of fused-ring (bicyclic) bond motifs is 1. The van der Waals surface area contributed by atoms with Gasteiger partial charge in [-0.3, -0.25) is 4.31 Å². The van der Waals surface area contributed by atoms with Gasteiger partial charge in [-0.15, -0.1) is 11.3 Å². The summed E-state index contributed by atoms with van der Waals surface area (Å²) in [5, 5.41) is 6.51. The molecule has 12 heteroatoms. The third kappa shape index (κ3) is 4.91. The second kappa shape index (κ2) is 10.5. The predicted molar refractivity (Wildman–Crippen MR) is 141 cm³/mol. The first kappa shape index (κ1) is 25.9. The van der Waals surface area contributed by atoms with Crippen LogP contribution < -0.4 is 24.4 Å². The Morgan fingerprint density at radius 2 is 1.81 bits per heavy atom. The molecule has 0 aliphatic carbocycles. The van der Waals surface area contributed by atoms with Crippen LogP contribution in [-0.2, 0) is 14.8 Å². The van der Waals surface area contributed by atoms with Crippen molar-refractivity contribution < 1.29 is 27.4 Å². The summed E-state index contributed by atoms with van der Waals surface area (Å²) in [6, 6.07) is 11.4. The van der Waals surface area contributed by atoms with Gasteiger partial charge < -0.3 is 24.8 Å². The highest BCUT2D eigenvalue weighted by atomic mass is 35.5. The lowest BCUT2D eigenvalue weighted by Gasteiger charge is -2.22. The summed E-state index contributed by atoms with van der Waals surface area (Å²) in [6.45, 7) is 4.31. The van der Waals surface area contributed by atoms with Crippen molar-refractivity contribution in [3.63, 3.8) is 0 Å². The predicted octanol–water partition coefficient (Wildman–Crippen LogP) is 5.35. The second-order valence-corrected chi connectivity index (χ2v) is 11.4. The van der Waals surface area contributed by atoms with E-state index in [0.29, 0.717) is 44.3 Å². The zero-order chi connectivity index (χ0) is 26.0. The molecule has 9 nitrogen and oxygen atoms in total. The Labute approximate surface area is 219 Å². The van der Waals surface area contributed by atoms with E-state index in [1.165, 1.54) is 24.5 Å². The number of benzene rings is 2. The molecule has 0 amide bonds. The molecule has 1 atom stereocenters. The smallest absolute Gasteiger partial charge is 0.338 e. The van der Waals surface area contributed by atoms with Crippen LogP contribution in [0.2, 0.25) is 4.34 Å². The minimum Gasteiger partial charge on any atom is -0.493 e. The number of carbonyl (C=O) groups is 1. The van der Waals surface area contributed by atoms with Crippen molar-refractivity contribution in [2.24, 2.45) is 0 Å². The second-order valence-electron chi connectivity index (χ2n) is 7.72. The molecule has 3 aromatic rings. The number of carbonyl (C=O) groups excluding carboxylic acids is 1. The van der Waals surface area contributed by atoms with Gasteiger partial charge in [0.15, 0.2) is 11.5 Å². The number of hydrogen-bond acceptors (Lipinski definition) is 9. The minimum atomic E-state index is -4.00. The molecule has 0 bridgehead atoms. The van der Waals surface area contributed by atoms with Crippen molar-refractivity contribution in [1.29, 1.82) is 0 Å². The highest BCUT2D eigenvalue weighted by Gasteiger charge is 2.33. The Bertz CT molecular complexity index is 1390. The van der Waals surface area contributed by atoms with Crippen molar-refractivity contribution in [3.05, 3.63) is 57.2 Å². The maximum atomic E-state index is 13.7. The lowest BCUT2D eigenvalue weighted by Crippen LogP contribution is -2.28. The molecule has 0 radical (unpaired) electrons. The number of halogens is 1. The van der Waals surface area contributed by atoms with Crippen molar-refractivity contribution in [3.8, 4) is 11.5 Å². The molecule has 1 aromatic heterocycles. The van der Waals surface area contributed by atoms with Crippen LogP contribution in [-0.4, -0.2) is 41.8 Å². The van der Waals surface area contributed by atoms with Gasteiger partial charge in [0.25, 0.3) is 10.0 Å². The number of esters is 1. The molecule has 2 aromatic carbocycles. The van der Waals surface area contributed by atoms with Crippen LogP contribution in [0.15, 0.2) is 47.4 Å². The lowest BCUT2D eigenvalue weighted by molar-refractivity contribution is 0.0526. The Morgan fingerprint density at radius 1 is 1.06 bits per heavy atom. The van der Waals surface area contributed by atoms with Crippen LogP contribution in [0.4, 0.5) is 17.1 Å². The largest absolute Gasteiger partial charge is 0.493 e. The van der Waals surface area contributed by atoms with E-state index in [1.54, 1.807) is 43.3 Å². The highest BCUT2D eigenvalue weighted by molar-refractivity contribution is 7.93. The molecule has 2 N–H and O–H groups in total. The van der Waals surface area contributed by atoms with Crippen LogP contribution >= 0.6 is 22.9 Å². The van der Waals surface area contributed by atoms with Crippen molar-refractivity contribution in [1.82, 2.24) is 0 Å². The fourth-order valence-electron chi connectivity index (χ4n) is 3.78. The first-order chi connectivity index (χ1) is 17.2. The van der Waals surface area contributed by atoms with E-state index in [0.717, 1.165) is 17.0 Å². The molecular formula is C24H26ClN3O6S2. The number of methoxy groups -OCH3 is 1. The number of sulfonamides is 1. The van der Waals surface area contributed by atoms with Gasteiger partial charge in [0.05, 0.1) is 52.2 Å². The molecule has 1 aliphatic heterocycles. The van der Waals surface area contributed by atoms with E-state index >= 15 is 0 Å². The van der Waals surface area contributed by atoms with Gasteiger partial charge in [0.2, 0.25) is 0 Å². The summed E-state index contributed by atoms with van der Waals surface area (Å²) >= 11 is 7.45. The molecule has 192 valence electrons. The fourth-order valence-corrected chi connectivity index (χ4v) is 6.83. The summed E-state index contributed by atoms with van der Waals surface area (Å²) < 4.78 is 44.9. The maximum Gasteiger partial charge on any atom is 0.338 e. The van der Waals surface area contributed by atoms with Crippen LogP contribution in [0, 0.1) is 0 Å². The number of nitrogens with one attached hydrogen (secondary N) is 2. The number of hydrogen-bond donors (Lipinski definition) is 2. The van der Waals surface area contributed by atoms with Crippen LogP contribution in [0.5, 0.6) is 11.5 Å². The van der Waals surface area contributed by atoms with Gasteiger partial charge in [0, 0.05) is 13.1 Å². The molecule has 1 aliphatic rings. The standard InChI is InChI=1S/C24H26ClN3O6S2/c1-5-33-18-10-8-15(12-19(18)32-4)28(3)36(30,31)20-13-21(25)35-22(20)23-26-16-9-7-14(11-17(16)27-23)24(29)34-6-2/h7-13,23,26-27H,5-6H2,1-4H3. The average molecular weight is 552 g/mol. The molecular weight excluding hydrogens is 526 g/mol. The molecule has 2 heterocycles. The Hall–Kier alpha value is -3.15. The number of nitrogens with zero attached hydrogens (tertiary/aromatic N) is 1.